The Morgan fingerprint density at radius 2 is 2.37 bits per heavy atom. The molecule has 3 heterocycles. The van der Waals surface area contributed by atoms with Gasteiger partial charge < -0.3 is 9.64 Å². The van der Waals surface area contributed by atoms with E-state index in [1.807, 2.05) is 28.6 Å². The maximum Gasteiger partial charge on any atom is 0.225 e. The number of aromatic nitrogens is 5. The fraction of sp³-hybridized carbons (Fsp3) is 0.273. The molecule has 3 rings (SSSR count). The number of rotatable bonds is 4. The van der Waals surface area contributed by atoms with Gasteiger partial charge in [0.15, 0.2) is 5.82 Å². The summed E-state index contributed by atoms with van der Waals surface area (Å²) in [7, 11) is 3.57. The van der Waals surface area contributed by atoms with Gasteiger partial charge in [0.05, 0.1) is 13.7 Å². The zero-order valence-electron chi connectivity index (χ0n) is 10.5. The van der Waals surface area contributed by atoms with Crippen molar-refractivity contribution in [3.8, 4) is 5.88 Å². The summed E-state index contributed by atoms with van der Waals surface area (Å²) in [6.07, 6.45) is 5.21. The molecule has 0 saturated heterocycles. The quantitative estimate of drug-likeness (QED) is 0.714. The summed E-state index contributed by atoms with van der Waals surface area (Å²) in [5.41, 5.74) is 0.737. The molecule has 98 valence electrons. The van der Waals surface area contributed by atoms with E-state index in [0.717, 1.165) is 16.3 Å². The molecule has 0 bridgehead atoms. The molecular weight excluding hydrogens is 264 g/mol. The summed E-state index contributed by atoms with van der Waals surface area (Å²) < 4.78 is 11.1. The molecule has 0 saturated carbocycles. The largest absolute Gasteiger partial charge is 0.480 e. The van der Waals surface area contributed by atoms with E-state index in [-0.39, 0.29) is 0 Å². The normalized spacial score (nSPS) is 10.8. The van der Waals surface area contributed by atoms with Crippen molar-refractivity contribution in [1.82, 2.24) is 24.0 Å². The van der Waals surface area contributed by atoms with E-state index in [9.17, 15) is 0 Å². The third-order valence-corrected chi connectivity index (χ3v) is 3.45. The fourth-order valence-electron chi connectivity index (χ4n) is 1.79. The van der Waals surface area contributed by atoms with Gasteiger partial charge in [-0.25, -0.2) is 4.98 Å². The second-order valence-electron chi connectivity index (χ2n) is 4.00. The third kappa shape index (κ3) is 2.22. The first kappa shape index (κ1) is 11.8. The molecule has 3 aromatic heterocycles. The Morgan fingerprint density at radius 3 is 3.16 bits per heavy atom. The van der Waals surface area contributed by atoms with Crippen molar-refractivity contribution >= 4 is 23.0 Å². The van der Waals surface area contributed by atoms with Crippen LogP contribution in [0.15, 0.2) is 24.8 Å². The van der Waals surface area contributed by atoms with Crippen LogP contribution in [-0.4, -0.2) is 38.1 Å². The first-order valence-electron chi connectivity index (χ1n) is 5.63. The van der Waals surface area contributed by atoms with Gasteiger partial charge >= 0.3 is 0 Å². The summed E-state index contributed by atoms with van der Waals surface area (Å²) in [6.45, 7) is 0.695. The smallest absolute Gasteiger partial charge is 0.225 e. The van der Waals surface area contributed by atoms with Gasteiger partial charge in [-0.2, -0.15) is 4.37 Å². The van der Waals surface area contributed by atoms with Crippen molar-refractivity contribution < 1.29 is 4.74 Å². The van der Waals surface area contributed by atoms with Crippen molar-refractivity contribution in [2.75, 3.05) is 19.1 Å². The van der Waals surface area contributed by atoms with Crippen LogP contribution in [0.2, 0.25) is 0 Å². The monoisotopic (exact) mass is 276 g/mol. The molecule has 0 radical (unpaired) electrons. The predicted octanol–water partition coefficient (Wildman–Crippen LogP) is 1.23. The Hall–Kier alpha value is -2.22. The summed E-state index contributed by atoms with van der Waals surface area (Å²) in [4.78, 5) is 7.47. The molecule has 0 aliphatic heterocycles. The summed E-state index contributed by atoms with van der Waals surface area (Å²) in [5.74, 6) is 1.43. The maximum absolute atomic E-state index is 5.08. The van der Waals surface area contributed by atoms with E-state index in [1.54, 1.807) is 19.6 Å². The maximum atomic E-state index is 5.08. The van der Waals surface area contributed by atoms with Crippen LogP contribution in [0.1, 0.15) is 4.88 Å². The zero-order valence-corrected chi connectivity index (χ0v) is 11.3. The van der Waals surface area contributed by atoms with Gasteiger partial charge in [0.1, 0.15) is 6.33 Å². The molecule has 0 aromatic carbocycles. The highest BCUT2D eigenvalue weighted by molar-refractivity contribution is 7.05. The van der Waals surface area contributed by atoms with Crippen molar-refractivity contribution in [3.05, 3.63) is 29.7 Å². The molecule has 0 unspecified atom stereocenters. The molecule has 0 aliphatic carbocycles. The average Bonchev–Trinajstić information content (AvgIpc) is 3.05. The molecule has 0 atom stereocenters. The molecular formula is C11H12N6OS. The van der Waals surface area contributed by atoms with Crippen LogP contribution in [0.4, 0.5) is 5.82 Å². The van der Waals surface area contributed by atoms with Crippen molar-refractivity contribution in [3.63, 3.8) is 0 Å². The number of anilines is 1. The molecule has 8 heteroatoms. The number of methoxy groups -OCH3 is 1. The van der Waals surface area contributed by atoms with Crippen LogP contribution in [-0.2, 0) is 6.54 Å². The molecule has 3 aromatic rings. The van der Waals surface area contributed by atoms with Gasteiger partial charge in [-0.1, -0.05) is 0 Å². The summed E-state index contributed by atoms with van der Waals surface area (Å²) >= 11 is 1.42. The average molecular weight is 276 g/mol. The number of hydrogen-bond acceptors (Lipinski definition) is 7. The van der Waals surface area contributed by atoms with Gasteiger partial charge in [-0.3, -0.25) is 4.40 Å². The van der Waals surface area contributed by atoms with Crippen LogP contribution in [0.3, 0.4) is 0 Å². The molecule has 19 heavy (non-hydrogen) atoms. The molecule has 0 aliphatic rings. The standard InChI is InChI=1S/C11H12N6OS/c1-16(6-8-5-9(18-2)15-19-8)10-11-14-13-7-17(11)4-3-12-10/h3-5,7H,6H2,1-2H3. The lowest BCUT2D eigenvalue weighted by atomic mass is 10.4. The summed E-state index contributed by atoms with van der Waals surface area (Å²) in [6, 6.07) is 1.92. The Kier molecular flexibility index (Phi) is 3.00. The van der Waals surface area contributed by atoms with Crippen LogP contribution >= 0.6 is 11.5 Å². The third-order valence-electron chi connectivity index (χ3n) is 2.70. The first-order valence-corrected chi connectivity index (χ1v) is 6.40. The topological polar surface area (TPSA) is 68.4 Å². The van der Waals surface area contributed by atoms with E-state index >= 15 is 0 Å². The lowest BCUT2D eigenvalue weighted by molar-refractivity contribution is 0.402. The Balaban J connectivity index is 1.87. The lowest BCUT2D eigenvalue weighted by Gasteiger charge is -2.16. The lowest BCUT2D eigenvalue weighted by Crippen LogP contribution is -2.18. The van der Waals surface area contributed by atoms with E-state index in [2.05, 4.69) is 19.6 Å². The minimum atomic E-state index is 0.641. The van der Waals surface area contributed by atoms with E-state index < -0.39 is 0 Å². The Labute approximate surface area is 113 Å². The Bertz CT molecular complexity index is 693. The Morgan fingerprint density at radius 1 is 1.47 bits per heavy atom. The number of fused-ring (bicyclic) bond motifs is 1. The molecule has 0 fully saturated rings. The van der Waals surface area contributed by atoms with Gasteiger partial charge in [0, 0.05) is 30.4 Å². The van der Waals surface area contributed by atoms with E-state index in [1.165, 1.54) is 11.5 Å². The molecule has 0 N–H and O–H groups in total. The predicted molar refractivity (Wildman–Crippen MR) is 71.6 cm³/mol. The number of ether oxygens (including phenoxy) is 1. The minimum absolute atomic E-state index is 0.641. The minimum Gasteiger partial charge on any atom is -0.480 e. The zero-order chi connectivity index (χ0) is 13.2. The number of nitrogens with zero attached hydrogens (tertiary/aromatic N) is 6. The van der Waals surface area contributed by atoms with Crippen LogP contribution in [0.25, 0.3) is 5.65 Å². The van der Waals surface area contributed by atoms with E-state index in [0.29, 0.717) is 12.4 Å². The first-order chi connectivity index (χ1) is 9.28. The van der Waals surface area contributed by atoms with Crippen LogP contribution < -0.4 is 9.64 Å². The van der Waals surface area contributed by atoms with Gasteiger partial charge in [-0.05, 0) is 11.5 Å². The van der Waals surface area contributed by atoms with Crippen molar-refractivity contribution in [2.24, 2.45) is 0 Å². The van der Waals surface area contributed by atoms with Gasteiger partial charge in [-0.15, -0.1) is 10.2 Å². The van der Waals surface area contributed by atoms with Crippen LogP contribution in [0.5, 0.6) is 5.88 Å². The highest BCUT2D eigenvalue weighted by Crippen LogP contribution is 2.21. The van der Waals surface area contributed by atoms with Crippen LogP contribution in [0, 0.1) is 0 Å². The second kappa shape index (κ2) is 4.81. The second-order valence-corrected chi connectivity index (χ2v) is 4.89. The highest BCUT2D eigenvalue weighted by atomic mass is 32.1. The molecule has 0 spiro atoms. The highest BCUT2D eigenvalue weighted by Gasteiger charge is 2.12. The molecule has 0 amide bonds. The SMILES string of the molecule is COc1cc(CN(C)c2nccn3cnnc23)sn1. The van der Waals surface area contributed by atoms with Gasteiger partial charge in [0.2, 0.25) is 11.5 Å². The van der Waals surface area contributed by atoms with Crippen molar-refractivity contribution in [2.45, 2.75) is 6.54 Å². The van der Waals surface area contributed by atoms with E-state index in [4.69, 9.17) is 4.74 Å². The fourth-order valence-corrected chi connectivity index (χ4v) is 2.53. The number of hydrogen-bond donors (Lipinski definition) is 0. The van der Waals surface area contributed by atoms with Gasteiger partial charge in [0.25, 0.3) is 0 Å². The van der Waals surface area contributed by atoms with Crippen molar-refractivity contribution in [1.29, 1.82) is 0 Å². The molecule has 7 nitrogen and oxygen atoms in total. The summed E-state index contributed by atoms with van der Waals surface area (Å²) in [5, 5.41) is 7.96.